The number of hydrogen-bond acceptors (Lipinski definition) is 5. The summed E-state index contributed by atoms with van der Waals surface area (Å²) in [6.45, 7) is 12.6. The van der Waals surface area contributed by atoms with Gasteiger partial charge in [0.1, 0.15) is 17.2 Å². The highest BCUT2D eigenvalue weighted by Gasteiger charge is 2.39. The highest BCUT2D eigenvalue weighted by molar-refractivity contribution is 5.94. The summed E-state index contributed by atoms with van der Waals surface area (Å²) in [4.78, 5) is 43.6. The van der Waals surface area contributed by atoms with Crippen LogP contribution in [0.4, 0.5) is 4.79 Å². The number of carbonyl (C=O) groups is 3. The Hall–Kier alpha value is -3.36. The number of aryl methyl sites for hydroxylation is 1. The first-order valence-electron chi connectivity index (χ1n) is 11.7. The first kappa shape index (κ1) is 27.9. The number of nitrogens with zero attached hydrogens (tertiary/aromatic N) is 2. The standard InChI is InChI=1S/C26H39N5O4/c1-24(2,3)30-22(33)26(7,15-18-12-10-9-11-13-18)29-21(32)20(14-19-16-27-17-31(19)8)28-23(34)35-25(4,5)6/h9-13,16-17,20H,14-15H2,1-8H3,(H,28,34)(H,29,32)(H,30,33)/t20-,26-/m0/s1. The summed E-state index contributed by atoms with van der Waals surface area (Å²) in [5.74, 6) is -0.821. The predicted molar refractivity (Wildman–Crippen MR) is 135 cm³/mol. The van der Waals surface area contributed by atoms with E-state index in [-0.39, 0.29) is 18.7 Å². The van der Waals surface area contributed by atoms with Gasteiger partial charge in [-0.15, -0.1) is 0 Å². The van der Waals surface area contributed by atoms with Crippen molar-refractivity contribution in [2.45, 2.75) is 84.0 Å². The van der Waals surface area contributed by atoms with Gasteiger partial charge < -0.3 is 25.3 Å². The molecule has 0 radical (unpaired) electrons. The molecule has 1 aromatic heterocycles. The van der Waals surface area contributed by atoms with Gasteiger partial charge >= 0.3 is 6.09 Å². The molecule has 3 amide bonds. The van der Waals surface area contributed by atoms with Gasteiger partial charge in [-0.1, -0.05) is 30.3 Å². The third-order valence-electron chi connectivity index (χ3n) is 5.13. The molecule has 2 aromatic rings. The summed E-state index contributed by atoms with van der Waals surface area (Å²) >= 11 is 0. The Morgan fingerprint density at radius 3 is 2.14 bits per heavy atom. The molecule has 0 unspecified atom stereocenters. The molecule has 0 aliphatic heterocycles. The highest BCUT2D eigenvalue weighted by atomic mass is 16.6. The molecule has 0 spiro atoms. The van der Waals surface area contributed by atoms with Crippen LogP contribution in [0.2, 0.25) is 0 Å². The number of benzene rings is 1. The molecule has 1 heterocycles. The van der Waals surface area contributed by atoms with E-state index in [1.165, 1.54) is 0 Å². The van der Waals surface area contributed by atoms with Crippen molar-refractivity contribution in [3.05, 3.63) is 54.1 Å². The molecule has 0 bridgehead atoms. The molecule has 0 aliphatic carbocycles. The average Bonchev–Trinajstić information content (AvgIpc) is 3.10. The Balaban J connectivity index is 2.34. The molecule has 2 rings (SSSR count). The second-order valence-corrected chi connectivity index (χ2v) is 11.1. The number of nitrogens with one attached hydrogen (secondary N) is 3. The zero-order valence-corrected chi connectivity index (χ0v) is 22.1. The third kappa shape index (κ3) is 9.07. The maximum Gasteiger partial charge on any atom is 0.408 e. The Kier molecular flexibility index (Phi) is 8.70. The van der Waals surface area contributed by atoms with Crippen LogP contribution in [0.3, 0.4) is 0 Å². The smallest absolute Gasteiger partial charge is 0.408 e. The first-order valence-corrected chi connectivity index (χ1v) is 11.7. The lowest BCUT2D eigenvalue weighted by atomic mass is 9.90. The van der Waals surface area contributed by atoms with Gasteiger partial charge in [-0.05, 0) is 54.0 Å². The van der Waals surface area contributed by atoms with Gasteiger partial charge in [0.25, 0.3) is 0 Å². The molecule has 9 heteroatoms. The number of alkyl carbamates (subject to hydrolysis) is 1. The first-order chi connectivity index (χ1) is 16.1. The largest absolute Gasteiger partial charge is 0.444 e. The Labute approximate surface area is 208 Å². The minimum atomic E-state index is -1.27. The van der Waals surface area contributed by atoms with Crippen LogP contribution < -0.4 is 16.0 Å². The van der Waals surface area contributed by atoms with E-state index < -0.39 is 34.7 Å². The summed E-state index contributed by atoms with van der Waals surface area (Å²) < 4.78 is 7.15. The maximum absolute atomic E-state index is 13.6. The van der Waals surface area contributed by atoms with Crippen molar-refractivity contribution in [3.8, 4) is 0 Å². The fourth-order valence-corrected chi connectivity index (χ4v) is 3.47. The topological polar surface area (TPSA) is 114 Å². The van der Waals surface area contributed by atoms with E-state index in [1.807, 2.05) is 51.1 Å². The van der Waals surface area contributed by atoms with Gasteiger partial charge in [0.15, 0.2) is 0 Å². The zero-order chi connectivity index (χ0) is 26.4. The van der Waals surface area contributed by atoms with Gasteiger partial charge in [-0.3, -0.25) is 9.59 Å². The summed E-state index contributed by atoms with van der Waals surface area (Å²) in [5.41, 5.74) is -0.867. The van der Waals surface area contributed by atoms with Crippen molar-refractivity contribution < 1.29 is 19.1 Å². The molecular formula is C26H39N5O4. The number of amides is 3. The summed E-state index contributed by atoms with van der Waals surface area (Å²) in [6, 6.07) is 8.48. The van der Waals surface area contributed by atoms with E-state index in [9.17, 15) is 14.4 Å². The molecule has 9 nitrogen and oxygen atoms in total. The van der Waals surface area contributed by atoms with Crippen molar-refractivity contribution in [2.75, 3.05) is 0 Å². The third-order valence-corrected chi connectivity index (χ3v) is 5.13. The van der Waals surface area contributed by atoms with Crippen molar-refractivity contribution in [2.24, 2.45) is 7.05 Å². The molecule has 1 aromatic carbocycles. The minimum Gasteiger partial charge on any atom is -0.444 e. The van der Waals surface area contributed by atoms with Crippen molar-refractivity contribution in [3.63, 3.8) is 0 Å². The van der Waals surface area contributed by atoms with Crippen LogP contribution in [-0.2, 0) is 34.2 Å². The molecule has 0 fully saturated rings. The number of imidazole rings is 1. The van der Waals surface area contributed by atoms with Crippen LogP contribution in [0.1, 0.15) is 59.7 Å². The lowest BCUT2D eigenvalue weighted by Gasteiger charge is -2.35. The number of rotatable bonds is 8. The highest BCUT2D eigenvalue weighted by Crippen LogP contribution is 2.17. The molecular weight excluding hydrogens is 446 g/mol. The number of carbonyl (C=O) groups excluding carboxylic acids is 3. The SMILES string of the molecule is Cn1cncc1C[C@H](NC(=O)OC(C)(C)C)C(=O)N[C@@](C)(Cc1ccccc1)C(=O)NC(C)(C)C. The average molecular weight is 486 g/mol. The fraction of sp³-hybridized carbons (Fsp3) is 0.538. The number of ether oxygens (including phenoxy) is 1. The van der Waals surface area contributed by atoms with Gasteiger partial charge in [0, 0.05) is 37.3 Å². The fourth-order valence-electron chi connectivity index (χ4n) is 3.47. The van der Waals surface area contributed by atoms with Crippen LogP contribution in [0.25, 0.3) is 0 Å². The van der Waals surface area contributed by atoms with Crippen LogP contribution in [0.5, 0.6) is 0 Å². The van der Waals surface area contributed by atoms with Crippen molar-refractivity contribution >= 4 is 17.9 Å². The van der Waals surface area contributed by atoms with Crippen molar-refractivity contribution in [1.29, 1.82) is 0 Å². The van der Waals surface area contributed by atoms with E-state index >= 15 is 0 Å². The second-order valence-electron chi connectivity index (χ2n) is 11.1. The lowest BCUT2D eigenvalue weighted by Crippen LogP contribution is -2.64. The number of aromatic nitrogens is 2. The van der Waals surface area contributed by atoms with E-state index in [0.717, 1.165) is 11.3 Å². The molecule has 2 atom stereocenters. The summed E-state index contributed by atoms with van der Waals surface area (Å²) in [6.07, 6.45) is 2.97. The van der Waals surface area contributed by atoms with E-state index in [1.54, 1.807) is 51.8 Å². The monoisotopic (exact) mass is 485 g/mol. The van der Waals surface area contributed by atoms with E-state index in [0.29, 0.717) is 0 Å². The molecule has 0 saturated heterocycles. The van der Waals surface area contributed by atoms with Gasteiger partial charge in [-0.2, -0.15) is 0 Å². The molecule has 0 saturated carbocycles. The van der Waals surface area contributed by atoms with E-state index in [2.05, 4.69) is 20.9 Å². The van der Waals surface area contributed by atoms with Crippen LogP contribution in [-0.4, -0.2) is 50.2 Å². The van der Waals surface area contributed by atoms with Crippen LogP contribution in [0, 0.1) is 0 Å². The van der Waals surface area contributed by atoms with Crippen molar-refractivity contribution in [1.82, 2.24) is 25.5 Å². The van der Waals surface area contributed by atoms with Crippen LogP contribution in [0.15, 0.2) is 42.9 Å². The second kappa shape index (κ2) is 10.9. The summed E-state index contributed by atoms with van der Waals surface area (Å²) in [7, 11) is 1.81. The lowest BCUT2D eigenvalue weighted by molar-refractivity contribution is -0.134. The predicted octanol–water partition coefficient (Wildman–Crippen LogP) is 2.89. The molecule has 3 N–H and O–H groups in total. The normalized spacial score (nSPS) is 14.4. The Bertz CT molecular complexity index is 1020. The molecule has 0 aliphatic rings. The minimum absolute atomic E-state index is 0.171. The quantitative estimate of drug-likeness (QED) is 0.532. The zero-order valence-electron chi connectivity index (χ0n) is 22.1. The summed E-state index contributed by atoms with van der Waals surface area (Å²) in [5, 5.41) is 8.55. The van der Waals surface area contributed by atoms with Gasteiger partial charge in [-0.25, -0.2) is 9.78 Å². The Morgan fingerprint density at radius 2 is 1.63 bits per heavy atom. The van der Waals surface area contributed by atoms with Gasteiger partial charge in [0.2, 0.25) is 11.8 Å². The van der Waals surface area contributed by atoms with Gasteiger partial charge in [0.05, 0.1) is 6.33 Å². The van der Waals surface area contributed by atoms with E-state index in [4.69, 9.17) is 4.74 Å². The molecule has 192 valence electrons. The number of hydrogen-bond donors (Lipinski definition) is 3. The van der Waals surface area contributed by atoms with Crippen LogP contribution >= 0.6 is 0 Å². The Morgan fingerprint density at radius 1 is 1.00 bits per heavy atom. The molecule has 35 heavy (non-hydrogen) atoms. The maximum atomic E-state index is 13.6.